The minimum atomic E-state index is 0.431. The minimum absolute atomic E-state index is 0.431. The zero-order valence-corrected chi connectivity index (χ0v) is 13.9. The molecule has 0 bridgehead atoms. The van der Waals surface area contributed by atoms with E-state index in [4.69, 9.17) is 9.97 Å². The second-order valence-corrected chi connectivity index (χ2v) is 6.07. The van der Waals surface area contributed by atoms with Crippen LogP contribution >= 0.6 is 0 Å². The van der Waals surface area contributed by atoms with Gasteiger partial charge in [0.15, 0.2) is 5.65 Å². The van der Waals surface area contributed by atoms with E-state index in [0.29, 0.717) is 5.92 Å². The molecule has 4 heteroatoms. The molecule has 0 spiro atoms. The first-order chi connectivity index (χ1) is 10.5. The Morgan fingerprint density at radius 2 is 1.86 bits per heavy atom. The molecule has 3 aromatic heterocycles. The van der Waals surface area contributed by atoms with E-state index in [1.54, 1.807) is 0 Å². The van der Waals surface area contributed by atoms with Gasteiger partial charge in [-0.25, -0.2) is 9.97 Å². The van der Waals surface area contributed by atoms with Gasteiger partial charge >= 0.3 is 0 Å². The molecule has 0 radical (unpaired) electrons. The van der Waals surface area contributed by atoms with Crippen LogP contribution in [0.1, 0.15) is 49.3 Å². The Bertz CT molecular complexity index is 830. The van der Waals surface area contributed by atoms with Crippen LogP contribution in [0.25, 0.3) is 22.4 Å². The van der Waals surface area contributed by atoms with E-state index >= 15 is 0 Å². The number of pyridine rings is 1. The molecule has 22 heavy (non-hydrogen) atoms. The van der Waals surface area contributed by atoms with E-state index < -0.39 is 0 Å². The van der Waals surface area contributed by atoms with Gasteiger partial charge in [0.25, 0.3) is 0 Å². The third kappa shape index (κ3) is 2.39. The van der Waals surface area contributed by atoms with Gasteiger partial charge in [-0.2, -0.15) is 0 Å². The summed E-state index contributed by atoms with van der Waals surface area (Å²) in [6.07, 6.45) is 2.84. The van der Waals surface area contributed by atoms with Gasteiger partial charge in [-0.15, -0.1) is 0 Å². The summed E-state index contributed by atoms with van der Waals surface area (Å²) in [5.74, 6) is 0.431. The smallest absolute Gasteiger partial charge is 0.156 e. The molecule has 3 heterocycles. The van der Waals surface area contributed by atoms with Gasteiger partial charge in [-0.3, -0.25) is 4.98 Å². The van der Waals surface area contributed by atoms with Crippen LogP contribution in [-0.2, 0) is 6.42 Å². The summed E-state index contributed by atoms with van der Waals surface area (Å²) in [7, 11) is 0. The molecule has 0 aliphatic heterocycles. The molecular weight excluding hydrogens is 272 g/mol. The second-order valence-electron chi connectivity index (χ2n) is 6.07. The van der Waals surface area contributed by atoms with Gasteiger partial charge < -0.3 is 4.98 Å². The summed E-state index contributed by atoms with van der Waals surface area (Å²) < 4.78 is 0. The third-order valence-electron chi connectivity index (χ3n) is 4.05. The first-order valence-electron chi connectivity index (χ1n) is 7.83. The highest BCUT2D eigenvalue weighted by Crippen LogP contribution is 2.28. The van der Waals surface area contributed by atoms with Crippen LogP contribution in [0.3, 0.4) is 0 Å². The quantitative estimate of drug-likeness (QED) is 0.782. The maximum Gasteiger partial charge on any atom is 0.156 e. The van der Waals surface area contributed by atoms with E-state index in [0.717, 1.165) is 51.5 Å². The van der Waals surface area contributed by atoms with Crippen molar-refractivity contribution < 1.29 is 0 Å². The molecule has 114 valence electrons. The number of nitrogens with zero attached hydrogens (tertiary/aromatic N) is 3. The van der Waals surface area contributed by atoms with E-state index in [2.05, 4.69) is 42.9 Å². The fourth-order valence-corrected chi connectivity index (χ4v) is 2.72. The van der Waals surface area contributed by atoms with Crippen LogP contribution in [0.2, 0.25) is 0 Å². The Morgan fingerprint density at radius 3 is 2.55 bits per heavy atom. The van der Waals surface area contributed by atoms with Crippen molar-refractivity contribution in [1.82, 2.24) is 19.9 Å². The number of H-pyrrole nitrogens is 1. The third-order valence-corrected chi connectivity index (χ3v) is 4.05. The molecule has 0 unspecified atom stereocenters. The fourth-order valence-electron chi connectivity index (χ4n) is 2.72. The van der Waals surface area contributed by atoms with Gasteiger partial charge in [0, 0.05) is 23.1 Å². The molecule has 0 aliphatic rings. The Balaban J connectivity index is 2.22. The summed E-state index contributed by atoms with van der Waals surface area (Å²) in [5.41, 5.74) is 8.10. The van der Waals surface area contributed by atoms with Crippen LogP contribution in [0.15, 0.2) is 18.3 Å². The number of aromatic nitrogens is 4. The number of aromatic amines is 1. The van der Waals surface area contributed by atoms with Crippen molar-refractivity contribution in [1.29, 1.82) is 0 Å². The molecule has 4 nitrogen and oxygen atoms in total. The number of hydrogen-bond donors (Lipinski definition) is 1. The first kappa shape index (κ1) is 14.7. The summed E-state index contributed by atoms with van der Waals surface area (Å²) in [6.45, 7) is 10.5. The van der Waals surface area contributed by atoms with Crippen LogP contribution in [0.5, 0.6) is 0 Å². The highest BCUT2D eigenvalue weighted by atomic mass is 14.9. The van der Waals surface area contributed by atoms with Crippen molar-refractivity contribution in [2.24, 2.45) is 0 Å². The van der Waals surface area contributed by atoms with Crippen LogP contribution in [0.4, 0.5) is 0 Å². The molecule has 0 aromatic carbocycles. The molecule has 0 atom stereocenters. The highest BCUT2D eigenvalue weighted by molar-refractivity contribution is 5.79. The summed E-state index contributed by atoms with van der Waals surface area (Å²) in [5, 5.41) is 0. The molecule has 3 rings (SSSR count). The monoisotopic (exact) mass is 294 g/mol. The largest absolute Gasteiger partial charge is 0.345 e. The predicted octanol–water partition coefficient (Wildman–Crippen LogP) is 4.32. The topological polar surface area (TPSA) is 54.5 Å². The Morgan fingerprint density at radius 1 is 1.09 bits per heavy atom. The lowest BCUT2D eigenvalue weighted by atomic mass is 10.0. The molecule has 0 saturated carbocycles. The maximum absolute atomic E-state index is 4.85. The van der Waals surface area contributed by atoms with Crippen LogP contribution in [0, 0.1) is 13.8 Å². The summed E-state index contributed by atoms with van der Waals surface area (Å²) >= 11 is 0. The van der Waals surface area contributed by atoms with Crippen molar-refractivity contribution in [3.05, 3.63) is 41.0 Å². The first-order valence-corrected chi connectivity index (χ1v) is 7.83. The lowest BCUT2D eigenvalue weighted by Gasteiger charge is -2.12. The van der Waals surface area contributed by atoms with Gasteiger partial charge in [0.1, 0.15) is 5.52 Å². The van der Waals surface area contributed by atoms with Crippen molar-refractivity contribution in [3.8, 4) is 11.3 Å². The zero-order valence-electron chi connectivity index (χ0n) is 13.9. The van der Waals surface area contributed by atoms with Crippen LogP contribution < -0.4 is 0 Å². The molecule has 3 aromatic rings. The molecule has 0 amide bonds. The minimum Gasteiger partial charge on any atom is -0.345 e. The average Bonchev–Trinajstić information content (AvgIpc) is 2.86. The zero-order chi connectivity index (χ0) is 15.9. The predicted molar refractivity (Wildman–Crippen MR) is 90.1 cm³/mol. The molecular formula is C18H22N4. The van der Waals surface area contributed by atoms with Crippen molar-refractivity contribution in [2.75, 3.05) is 0 Å². The number of fused-ring (bicyclic) bond motifs is 1. The second kappa shape index (κ2) is 5.52. The van der Waals surface area contributed by atoms with E-state index in [1.807, 2.05) is 20.0 Å². The number of aryl methyl sites for hydroxylation is 3. The lowest BCUT2D eigenvalue weighted by Crippen LogP contribution is -2.02. The number of nitrogens with one attached hydrogen (secondary N) is 1. The van der Waals surface area contributed by atoms with E-state index in [1.165, 1.54) is 0 Å². The standard InChI is InChI=1S/C18H22N4/c1-6-14-13(7-8-15(21-14)10(2)3)17-12(5)20-18-16(22-17)11(4)9-19-18/h7-10H,6H2,1-5H3,(H,19,20). The molecule has 0 aliphatic carbocycles. The van der Waals surface area contributed by atoms with E-state index in [9.17, 15) is 0 Å². The Hall–Kier alpha value is -2.23. The SMILES string of the molecule is CCc1nc(C(C)C)ccc1-c1nc2c(C)c[nH]c2nc1C. The van der Waals surface area contributed by atoms with Gasteiger partial charge in [0.05, 0.1) is 11.4 Å². The van der Waals surface area contributed by atoms with E-state index in [-0.39, 0.29) is 0 Å². The number of hydrogen-bond acceptors (Lipinski definition) is 3. The molecule has 0 saturated heterocycles. The van der Waals surface area contributed by atoms with Crippen LogP contribution in [-0.4, -0.2) is 19.9 Å². The number of rotatable bonds is 3. The molecule has 0 fully saturated rings. The summed E-state index contributed by atoms with van der Waals surface area (Å²) in [4.78, 5) is 17.5. The van der Waals surface area contributed by atoms with Crippen molar-refractivity contribution in [3.63, 3.8) is 0 Å². The average molecular weight is 294 g/mol. The normalized spacial score (nSPS) is 11.5. The lowest BCUT2D eigenvalue weighted by molar-refractivity contribution is 0.807. The Kier molecular flexibility index (Phi) is 3.69. The van der Waals surface area contributed by atoms with Gasteiger partial charge in [-0.05, 0) is 43.9 Å². The van der Waals surface area contributed by atoms with Gasteiger partial charge in [0.2, 0.25) is 0 Å². The molecule has 1 N–H and O–H groups in total. The summed E-state index contributed by atoms with van der Waals surface area (Å²) in [6, 6.07) is 4.25. The Labute approximate surface area is 131 Å². The highest BCUT2D eigenvalue weighted by Gasteiger charge is 2.15. The fraction of sp³-hybridized carbons (Fsp3) is 0.389. The van der Waals surface area contributed by atoms with Gasteiger partial charge in [-0.1, -0.05) is 20.8 Å². The van der Waals surface area contributed by atoms with Crippen molar-refractivity contribution in [2.45, 2.75) is 47.0 Å². The maximum atomic E-state index is 4.85. The van der Waals surface area contributed by atoms with Crippen molar-refractivity contribution >= 4 is 11.2 Å².